The van der Waals surface area contributed by atoms with Crippen LogP contribution in [-0.4, -0.2) is 35.3 Å². The van der Waals surface area contributed by atoms with Crippen molar-refractivity contribution in [2.45, 2.75) is 11.7 Å². The number of anilines is 1. The van der Waals surface area contributed by atoms with E-state index in [1.807, 2.05) is 55.4 Å². The molecule has 0 spiro atoms. The SMILES string of the molecule is CN(C)c1ccc(CNC(=O)CSc2nc3ccccc3c(=O)n2C)cc1. The lowest BCUT2D eigenvalue weighted by molar-refractivity contribution is -0.118. The minimum absolute atomic E-state index is 0.0981. The molecule has 27 heavy (non-hydrogen) atoms. The highest BCUT2D eigenvalue weighted by atomic mass is 32.2. The van der Waals surface area contributed by atoms with Gasteiger partial charge in [-0.1, -0.05) is 36.0 Å². The predicted octanol–water partition coefficient (Wildman–Crippen LogP) is 2.41. The molecule has 1 N–H and O–H groups in total. The third kappa shape index (κ3) is 4.49. The van der Waals surface area contributed by atoms with Gasteiger partial charge < -0.3 is 10.2 Å². The van der Waals surface area contributed by atoms with E-state index in [2.05, 4.69) is 10.3 Å². The molecule has 0 aliphatic carbocycles. The van der Waals surface area contributed by atoms with Crippen LogP contribution in [0.2, 0.25) is 0 Å². The van der Waals surface area contributed by atoms with Crippen molar-refractivity contribution in [3.8, 4) is 0 Å². The van der Waals surface area contributed by atoms with Gasteiger partial charge in [-0.05, 0) is 29.8 Å². The lowest BCUT2D eigenvalue weighted by Gasteiger charge is -2.13. The van der Waals surface area contributed by atoms with Gasteiger partial charge in [0.25, 0.3) is 5.56 Å². The molecule has 140 valence electrons. The van der Waals surface area contributed by atoms with Gasteiger partial charge in [0.1, 0.15) is 0 Å². The van der Waals surface area contributed by atoms with E-state index in [-0.39, 0.29) is 17.2 Å². The van der Waals surface area contributed by atoms with E-state index in [1.54, 1.807) is 19.2 Å². The molecule has 7 heteroatoms. The molecule has 3 rings (SSSR count). The third-order valence-corrected chi connectivity index (χ3v) is 5.25. The second kappa shape index (κ2) is 8.26. The molecule has 1 aromatic heterocycles. The first-order valence-electron chi connectivity index (χ1n) is 8.57. The standard InChI is InChI=1S/C20H22N4O2S/c1-23(2)15-10-8-14(9-11-15)12-21-18(25)13-27-20-22-17-7-5-4-6-16(17)19(26)24(20)3/h4-11H,12-13H2,1-3H3,(H,21,25). The molecule has 2 aromatic carbocycles. The van der Waals surface area contributed by atoms with Gasteiger partial charge in [0.2, 0.25) is 5.91 Å². The number of carbonyl (C=O) groups excluding carboxylic acids is 1. The minimum Gasteiger partial charge on any atom is -0.378 e. The molecule has 0 aliphatic heterocycles. The second-order valence-corrected chi connectivity index (χ2v) is 7.34. The molecule has 0 saturated carbocycles. The average molecular weight is 382 g/mol. The van der Waals surface area contributed by atoms with Gasteiger partial charge in [-0.2, -0.15) is 0 Å². The van der Waals surface area contributed by atoms with Crippen LogP contribution in [-0.2, 0) is 18.4 Å². The van der Waals surface area contributed by atoms with Crippen LogP contribution in [0.4, 0.5) is 5.69 Å². The predicted molar refractivity (Wildman–Crippen MR) is 110 cm³/mol. The van der Waals surface area contributed by atoms with E-state index in [0.29, 0.717) is 22.6 Å². The number of para-hydroxylation sites is 1. The van der Waals surface area contributed by atoms with Crippen molar-refractivity contribution in [1.29, 1.82) is 0 Å². The number of hydrogen-bond donors (Lipinski definition) is 1. The van der Waals surface area contributed by atoms with E-state index in [0.717, 1.165) is 11.3 Å². The number of benzene rings is 2. The number of nitrogens with one attached hydrogen (secondary N) is 1. The summed E-state index contributed by atoms with van der Waals surface area (Å²) in [6, 6.07) is 15.3. The van der Waals surface area contributed by atoms with Crippen LogP contribution >= 0.6 is 11.8 Å². The van der Waals surface area contributed by atoms with E-state index in [4.69, 9.17) is 0 Å². The Balaban J connectivity index is 1.60. The topological polar surface area (TPSA) is 67.2 Å². The number of aromatic nitrogens is 2. The summed E-state index contributed by atoms with van der Waals surface area (Å²) in [5, 5.41) is 4.01. The summed E-state index contributed by atoms with van der Waals surface area (Å²) < 4.78 is 1.49. The molecule has 3 aromatic rings. The minimum atomic E-state index is -0.107. The van der Waals surface area contributed by atoms with Crippen LogP contribution in [0.5, 0.6) is 0 Å². The maximum Gasteiger partial charge on any atom is 0.261 e. The van der Waals surface area contributed by atoms with Crippen LogP contribution in [0.3, 0.4) is 0 Å². The maximum absolute atomic E-state index is 12.4. The Hall–Kier alpha value is -2.80. The Bertz CT molecular complexity index is 1010. The fraction of sp³-hybridized carbons (Fsp3) is 0.250. The molecule has 0 atom stereocenters. The molecule has 0 radical (unpaired) electrons. The zero-order chi connectivity index (χ0) is 19.4. The Labute approximate surface area is 162 Å². The van der Waals surface area contributed by atoms with Crippen molar-refractivity contribution < 1.29 is 4.79 Å². The Morgan fingerprint density at radius 1 is 1.15 bits per heavy atom. The summed E-state index contributed by atoms with van der Waals surface area (Å²) in [6.07, 6.45) is 0. The smallest absolute Gasteiger partial charge is 0.261 e. The lowest BCUT2D eigenvalue weighted by Crippen LogP contribution is -2.26. The number of nitrogens with zero attached hydrogens (tertiary/aromatic N) is 3. The van der Waals surface area contributed by atoms with Crippen LogP contribution < -0.4 is 15.8 Å². The number of fused-ring (bicyclic) bond motifs is 1. The highest BCUT2D eigenvalue weighted by Crippen LogP contribution is 2.17. The molecule has 1 amide bonds. The van der Waals surface area contributed by atoms with Gasteiger partial charge in [-0.25, -0.2) is 4.98 Å². The lowest BCUT2D eigenvalue weighted by atomic mass is 10.2. The zero-order valence-electron chi connectivity index (χ0n) is 15.6. The number of hydrogen-bond acceptors (Lipinski definition) is 5. The number of rotatable bonds is 6. The zero-order valence-corrected chi connectivity index (χ0v) is 16.4. The quantitative estimate of drug-likeness (QED) is 0.524. The number of amides is 1. The van der Waals surface area contributed by atoms with Gasteiger partial charge >= 0.3 is 0 Å². The molecule has 0 saturated heterocycles. The third-order valence-electron chi connectivity index (χ3n) is 4.22. The van der Waals surface area contributed by atoms with Gasteiger partial charge in [0.05, 0.1) is 16.7 Å². The molecular formula is C20H22N4O2S. The number of carbonyl (C=O) groups is 1. The van der Waals surface area contributed by atoms with Gasteiger partial charge in [-0.3, -0.25) is 14.2 Å². The Kier molecular flexibility index (Phi) is 5.81. The molecule has 1 heterocycles. The normalized spacial score (nSPS) is 10.8. The molecule has 6 nitrogen and oxygen atoms in total. The highest BCUT2D eigenvalue weighted by molar-refractivity contribution is 7.99. The first kappa shape index (κ1) is 19.0. The molecule has 0 unspecified atom stereocenters. The summed E-state index contributed by atoms with van der Waals surface area (Å²) in [6.45, 7) is 0.469. The summed E-state index contributed by atoms with van der Waals surface area (Å²) in [7, 11) is 5.65. The van der Waals surface area contributed by atoms with Crippen molar-refractivity contribution in [2.24, 2.45) is 7.05 Å². The summed E-state index contributed by atoms with van der Waals surface area (Å²) in [5.41, 5.74) is 2.69. The van der Waals surface area contributed by atoms with Crippen LogP contribution in [0.15, 0.2) is 58.5 Å². The monoisotopic (exact) mass is 382 g/mol. The Morgan fingerprint density at radius 3 is 2.56 bits per heavy atom. The fourth-order valence-corrected chi connectivity index (χ4v) is 3.42. The van der Waals surface area contributed by atoms with E-state index in [1.165, 1.54) is 16.3 Å². The van der Waals surface area contributed by atoms with Crippen LogP contribution in [0, 0.1) is 0 Å². The first-order chi connectivity index (χ1) is 13.0. The van der Waals surface area contributed by atoms with Crippen LogP contribution in [0.1, 0.15) is 5.56 Å². The van der Waals surface area contributed by atoms with Crippen molar-refractivity contribution in [3.05, 3.63) is 64.4 Å². The van der Waals surface area contributed by atoms with Crippen LogP contribution in [0.25, 0.3) is 10.9 Å². The first-order valence-corrected chi connectivity index (χ1v) is 9.56. The van der Waals surface area contributed by atoms with E-state index >= 15 is 0 Å². The number of thioether (sulfide) groups is 1. The van der Waals surface area contributed by atoms with E-state index in [9.17, 15) is 9.59 Å². The van der Waals surface area contributed by atoms with E-state index < -0.39 is 0 Å². The fourth-order valence-electron chi connectivity index (χ4n) is 2.62. The summed E-state index contributed by atoms with van der Waals surface area (Å²) in [5.74, 6) is 0.105. The van der Waals surface area contributed by atoms with Crippen molar-refractivity contribution in [3.63, 3.8) is 0 Å². The molecule has 0 fully saturated rings. The maximum atomic E-state index is 12.4. The molecule has 0 bridgehead atoms. The average Bonchev–Trinajstić information content (AvgIpc) is 2.68. The molecular weight excluding hydrogens is 360 g/mol. The van der Waals surface area contributed by atoms with Crippen molar-refractivity contribution in [2.75, 3.05) is 24.7 Å². The van der Waals surface area contributed by atoms with Crippen molar-refractivity contribution >= 4 is 34.3 Å². The highest BCUT2D eigenvalue weighted by Gasteiger charge is 2.10. The Morgan fingerprint density at radius 2 is 1.85 bits per heavy atom. The largest absolute Gasteiger partial charge is 0.378 e. The van der Waals surface area contributed by atoms with Crippen molar-refractivity contribution in [1.82, 2.24) is 14.9 Å². The van der Waals surface area contributed by atoms with Gasteiger partial charge in [-0.15, -0.1) is 0 Å². The summed E-state index contributed by atoms with van der Waals surface area (Å²) >= 11 is 1.26. The van der Waals surface area contributed by atoms with Gasteiger partial charge in [0, 0.05) is 33.4 Å². The molecule has 0 aliphatic rings. The summed E-state index contributed by atoms with van der Waals surface area (Å²) in [4.78, 5) is 31.1. The second-order valence-electron chi connectivity index (χ2n) is 6.40. The van der Waals surface area contributed by atoms with Gasteiger partial charge in [0.15, 0.2) is 5.16 Å².